The van der Waals surface area contributed by atoms with E-state index in [1.54, 1.807) is 4.90 Å². The van der Waals surface area contributed by atoms with Crippen molar-refractivity contribution in [1.29, 1.82) is 0 Å². The predicted molar refractivity (Wildman–Crippen MR) is 59.8 cm³/mol. The fraction of sp³-hybridized carbons (Fsp3) is 0.417. The molecule has 0 atom stereocenters. The van der Waals surface area contributed by atoms with E-state index in [2.05, 4.69) is 0 Å². The van der Waals surface area contributed by atoms with Gasteiger partial charge in [0.1, 0.15) is 0 Å². The van der Waals surface area contributed by atoms with Crippen molar-refractivity contribution in [2.75, 3.05) is 17.7 Å². The van der Waals surface area contributed by atoms with Crippen LogP contribution in [0.5, 0.6) is 0 Å². The number of hydrogen-bond donors (Lipinski definition) is 1. The first kappa shape index (κ1) is 8.77. The van der Waals surface area contributed by atoms with Crippen LogP contribution in [0.2, 0.25) is 0 Å². The van der Waals surface area contributed by atoms with Crippen LogP contribution < -0.4 is 10.6 Å². The molecule has 1 fully saturated rings. The molecular weight excluding hydrogens is 188 g/mol. The third-order valence-corrected chi connectivity index (χ3v) is 3.82. The Morgan fingerprint density at radius 3 is 2.73 bits per heavy atom. The molecule has 0 bridgehead atoms. The second kappa shape index (κ2) is 2.54. The van der Waals surface area contributed by atoms with Crippen molar-refractivity contribution < 1.29 is 4.79 Å². The van der Waals surface area contributed by atoms with E-state index in [1.807, 2.05) is 25.2 Å². The van der Waals surface area contributed by atoms with Gasteiger partial charge in [-0.15, -0.1) is 0 Å². The predicted octanol–water partition coefficient (Wildman–Crippen LogP) is 1.67. The topological polar surface area (TPSA) is 46.3 Å². The minimum Gasteiger partial charge on any atom is -0.399 e. The van der Waals surface area contributed by atoms with E-state index >= 15 is 0 Å². The highest BCUT2D eigenvalue weighted by Gasteiger charge is 2.53. The van der Waals surface area contributed by atoms with Gasteiger partial charge < -0.3 is 10.6 Å². The molecule has 3 rings (SSSR count). The van der Waals surface area contributed by atoms with Crippen LogP contribution in [0.3, 0.4) is 0 Å². The summed E-state index contributed by atoms with van der Waals surface area (Å²) in [6.45, 7) is 0. The maximum Gasteiger partial charge on any atom is 0.237 e. The number of hydrogen-bond acceptors (Lipinski definition) is 2. The Hall–Kier alpha value is -1.51. The van der Waals surface area contributed by atoms with Crippen molar-refractivity contribution in [1.82, 2.24) is 0 Å². The minimum absolute atomic E-state index is 0.223. The molecular formula is C12H14N2O. The second-order valence-electron chi connectivity index (χ2n) is 4.58. The summed E-state index contributed by atoms with van der Waals surface area (Å²) in [5.74, 6) is 0.245. The monoisotopic (exact) mass is 202 g/mol. The zero-order valence-electron chi connectivity index (χ0n) is 8.79. The molecule has 0 unspecified atom stereocenters. The largest absolute Gasteiger partial charge is 0.399 e. The van der Waals surface area contributed by atoms with E-state index in [0.717, 1.165) is 36.2 Å². The summed E-state index contributed by atoms with van der Waals surface area (Å²) in [6, 6.07) is 5.78. The van der Waals surface area contributed by atoms with E-state index < -0.39 is 0 Å². The number of benzene rings is 1. The Labute approximate surface area is 88.9 Å². The van der Waals surface area contributed by atoms with Gasteiger partial charge in [-0.1, -0.05) is 6.42 Å². The number of anilines is 2. The first-order chi connectivity index (χ1) is 7.15. The molecule has 78 valence electrons. The summed E-state index contributed by atoms with van der Waals surface area (Å²) in [7, 11) is 1.85. The summed E-state index contributed by atoms with van der Waals surface area (Å²) >= 11 is 0. The lowest BCUT2D eigenvalue weighted by molar-refractivity contribution is -0.125. The van der Waals surface area contributed by atoms with Crippen molar-refractivity contribution >= 4 is 17.3 Å². The maximum absolute atomic E-state index is 12.2. The van der Waals surface area contributed by atoms with E-state index in [4.69, 9.17) is 5.73 Å². The fourth-order valence-corrected chi connectivity index (χ4v) is 2.79. The maximum atomic E-state index is 12.2. The van der Waals surface area contributed by atoms with Crippen LogP contribution >= 0.6 is 0 Å². The van der Waals surface area contributed by atoms with E-state index in [9.17, 15) is 4.79 Å². The lowest BCUT2D eigenvalue weighted by Gasteiger charge is -2.36. The van der Waals surface area contributed by atoms with Gasteiger partial charge in [-0.25, -0.2) is 0 Å². The highest BCUT2D eigenvalue weighted by Crippen LogP contribution is 2.53. The van der Waals surface area contributed by atoms with Gasteiger partial charge in [-0.3, -0.25) is 4.79 Å². The van der Waals surface area contributed by atoms with E-state index in [-0.39, 0.29) is 11.3 Å². The van der Waals surface area contributed by atoms with Crippen molar-refractivity contribution in [3.63, 3.8) is 0 Å². The van der Waals surface area contributed by atoms with Gasteiger partial charge >= 0.3 is 0 Å². The second-order valence-corrected chi connectivity index (χ2v) is 4.58. The Morgan fingerprint density at radius 1 is 1.40 bits per heavy atom. The highest BCUT2D eigenvalue weighted by atomic mass is 16.2. The molecule has 1 aliphatic heterocycles. The Morgan fingerprint density at radius 2 is 2.13 bits per heavy atom. The number of fused-ring (bicyclic) bond motifs is 2. The summed E-state index contributed by atoms with van der Waals surface area (Å²) in [5, 5.41) is 0. The molecule has 15 heavy (non-hydrogen) atoms. The van der Waals surface area contributed by atoms with Gasteiger partial charge in [-0.05, 0) is 36.6 Å². The molecule has 1 aromatic rings. The number of nitrogens with two attached hydrogens (primary N) is 1. The van der Waals surface area contributed by atoms with Gasteiger partial charge in [0.05, 0.1) is 5.41 Å². The quantitative estimate of drug-likeness (QED) is 0.650. The summed E-state index contributed by atoms with van der Waals surface area (Å²) in [4.78, 5) is 13.9. The van der Waals surface area contributed by atoms with Gasteiger partial charge in [0, 0.05) is 18.4 Å². The molecule has 2 aliphatic rings. The molecule has 0 radical (unpaired) electrons. The summed E-state index contributed by atoms with van der Waals surface area (Å²) < 4.78 is 0. The molecule has 1 spiro atoms. The molecule has 1 saturated carbocycles. The Balaban J connectivity index is 2.23. The first-order valence-corrected chi connectivity index (χ1v) is 5.33. The zero-order valence-corrected chi connectivity index (χ0v) is 8.79. The van der Waals surface area contributed by atoms with Gasteiger partial charge in [0.2, 0.25) is 5.91 Å². The van der Waals surface area contributed by atoms with Crippen LogP contribution in [0.25, 0.3) is 0 Å². The Bertz CT molecular complexity index is 449. The minimum atomic E-state index is -0.223. The van der Waals surface area contributed by atoms with Gasteiger partial charge in [-0.2, -0.15) is 0 Å². The highest BCUT2D eigenvalue weighted by molar-refractivity contribution is 6.08. The molecule has 1 aromatic carbocycles. The standard InChI is InChI=1S/C12H14N2O/c1-14-10-4-3-8(13)7-9(10)12(11(14)15)5-2-6-12/h3-4,7H,2,5-6,13H2,1H3. The molecule has 0 aromatic heterocycles. The fourth-order valence-electron chi connectivity index (χ4n) is 2.79. The van der Waals surface area contributed by atoms with E-state index in [0.29, 0.717) is 0 Å². The molecule has 3 nitrogen and oxygen atoms in total. The SMILES string of the molecule is CN1C(=O)C2(CCC2)c2cc(N)ccc21. The molecule has 1 amide bonds. The number of amides is 1. The molecule has 1 heterocycles. The first-order valence-electron chi connectivity index (χ1n) is 5.33. The Kier molecular flexibility index (Phi) is 1.48. The number of rotatable bonds is 0. The van der Waals surface area contributed by atoms with Crippen LogP contribution in [0, 0.1) is 0 Å². The molecule has 2 N–H and O–H groups in total. The van der Waals surface area contributed by atoms with Crippen LogP contribution in [-0.4, -0.2) is 13.0 Å². The van der Waals surface area contributed by atoms with Crippen LogP contribution in [0.1, 0.15) is 24.8 Å². The summed E-state index contributed by atoms with van der Waals surface area (Å²) in [6.07, 6.45) is 3.10. The lowest BCUT2D eigenvalue weighted by atomic mass is 9.65. The molecule has 3 heteroatoms. The van der Waals surface area contributed by atoms with Crippen LogP contribution in [0.4, 0.5) is 11.4 Å². The smallest absolute Gasteiger partial charge is 0.237 e. The number of likely N-dealkylation sites (N-methyl/N-ethyl adjacent to an activating group) is 1. The molecule has 1 aliphatic carbocycles. The number of carbonyl (C=O) groups excluding carboxylic acids is 1. The lowest BCUT2D eigenvalue weighted by Crippen LogP contribution is -2.43. The number of nitrogen functional groups attached to an aromatic ring is 1. The van der Waals surface area contributed by atoms with Crippen molar-refractivity contribution in [2.24, 2.45) is 0 Å². The van der Waals surface area contributed by atoms with Crippen molar-refractivity contribution in [3.05, 3.63) is 23.8 Å². The van der Waals surface area contributed by atoms with Crippen molar-refractivity contribution in [3.8, 4) is 0 Å². The van der Waals surface area contributed by atoms with Gasteiger partial charge in [0.15, 0.2) is 0 Å². The zero-order chi connectivity index (χ0) is 10.6. The number of carbonyl (C=O) groups is 1. The molecule has 0 saturated heterocycles. The van der Waals surface area contributed by atoms with Crippen molar-refractivity contribution in [2.45, 2.75) is 24.7 Å². The van der Waals surface area contributed by atoms with Crippen LogP contribution in [0.15, 0.2) is 18.2 Å². The number of nitrogens with zero attached hydrogens (tertiary/aromatic N) is 1. The average Bonchev–Trinajstić information content (AvgIpc) is 2.35. The van der Waals surface area contributed by atoms with Gasteiger partial charge in [0.25, 0.3) is 0 Å². The average molecular weight is 202 g/mol. The van der Waals surface area contributed by atoms with E-state index in [1.165, 1.54) is 0 Å². The third kappa shape index (κ3) is 0.881. The normalized spacial score (nSPS) is 21.7. The summed E-state index contributed by atoms with van der Waals surface area (Å²) in [5.41, 5.74) is 8.50. The van der Waals surface area contributed by atoms with Crippen LogP contribution in [-0.2, 0) is 10.2 Å². The third-order valence-electron chi connectivity index (χ3n) is 3.82.